The molecule has 4 aliphatic carbocycles. The second-order valence-corrected chi connectivity index (χ2v) is 8.37. The molecule has 0 saturated heterocycles. The molecule has 2 atom stereocenters. The number of nitrogens with one attached hydrogen (secondary N) is 1. The summed E-state index contributed by atoms with van der Waals surface area (Å²) in [6.45, 7) is 2.54. The lowest BCUT2D eigenvalue weighted by molar-refractivity contribution is -0.149. The van der Waals surface area contributed by atoms with Crippen molar-refractivity contribution in [3.8, 4) is 0 Å². The van der Waals surface area contributed by atoms with Crippen LogP contribution in [0.1, 0.15) is 49.7 Å². The molecule has 3 nitrogen and oxygen atoms in total. The number of aliphatic hydroxyl groups excluding tert-OH is 1. The van der Waals surface area contributed by atoms with Crippen molar-refractivity contribution in [2.24, 2.45) is 17.3 Å². The van der Waals surface area contributed by atoms with Gasteiger partial charge in [-0.25, -0.2) is 0 Å². The van der Waals surface area contributed by atoms with E-state index in [0.717, 1.165) is 19.3 Å². The van der Waals surface area contributed by atoms with E-state index in [-0.39, 0.29) is 23.3 Å². The first-order chi connectivity index (χ1) is 11.1. The summed E-state index contributed by atoms with van der Waals surface area (Å²) in [5.41, 5.74) is 2.75. The summed E-state index contributed by atoms with van der Waals surface area (Å²) in [4.78, 5) is 12.9. The molecule has 2 N–H and O–H groups in total. The Morgan fingerprint density at radius 1 is 1.17 bits per heavy atom. The van der Waals surface area contributed by atoms with E-state index in [0.29, 0.717) is 18.4 Å². The Labute approximate surface area is 138 Å². The highest BCUT2D eigenvalue weighted by Gasteiger charge is 2.60. The maximum Gasteiger partial charge on any atom is 0.226 e. The van der Waals surface area contributed by atoms with Gasteiger partial charge in [-0.2, -0.15) is 0 Å². The number of hydrogen-bond acceptors (Lipinski definition) is 2. The largest absolute Gasteiger partial charge is 0.395 e. The highest BCUT2D eigenvalue weighted by molar-refractivity contribution is 5.83. The molecule has 23 heavy (non-hydrogen) atoms. The van der Waals surface area contributed by atoms with E-state index in [4.69, 9.17) is 5.11 Å². The van der Waals surface area contributed by atoms with Crippen molar-refractivity contribution in [2.75, 3.05) is 13.2 Å². The van der Waals surface area contributed by atoms with Crippen LogP contribution in [0.3, 0.4) is 0 Å². The third kappa shape index (κ3) is 2.40. The van der Waals surface area contributed by atoms with Gasteiger partial charge in [-0.1, -0.05) is 29.8 Å². The maximum atomic E-state index is 12.9. The molecule has 5 rings (SSSR count). The second-order valence-electron chi connectivity index (χ2n) is 8.37. The molecular formula is C20H27NO2. The quantitative estimate of drug-likeness (QED) is 0.898. The van der Waals surface area contributed by atoms with Gasteiger partial charge in [0.25, 0.3) is 0 Å². The number of carbonyl (C=O) groups excluding carboxylic acids is 1. The normalized spacial score (nSPS) is 37.8. The summed E-state index contributed by atoms with van der Waals surface area (Å²) < 4.78 is 0. The van der Waals surface area contributed by atoms with Crippen LogP contribution >= 0.6 is 0 Å². The van der Waals surface area contributed by atoms with E-state index in [9.17, 15) is 4.79 Å². The zero-order valence-electron chi connectivity index (χ0n) is 14.0. The fourth-order valence-corrected chi connectivity index (χ4v) is 6.13. The lowest BCUT2D eigenvalue weighted by Gasteiger charge is -2.61. The molecule has 0 aromatic heterocycles. The molecule has 0 radical (unpaired) electrons. The van der Waals surface area contributed by atoms with E-state index in [1.54, 1.807) is 0 Å². The van der Waals surface area contributed by atoms with Crippen LogP contribution in [0.25, 0.3) is 0 Å². The lowest BCUT2D eigenvalue weighted by Crippen LogP contribution is -2.59. The third-order valence-corrected chi connectivity index (χ3v) is 6.60. The minimum Gasteiger partial charge on any atom is -0.395 e. The highest BCUT2D eigenvalue weighted by atomic mass is 16.3. The van der Waals surface area contributed by atoms with E-state index >= 15 is 0 Å². The fourth-order valence-electron chi connectivity index (χ4n) is 6.13. The average molecular weight is 313 g/mol. The first-order valence-electron chi connectivity index (χ1n) is 9.02. The summed E-state index contributed by atoms with van der Waals surface area (Å²) in [7, 11) is 0. The van der Waals surface area contributed by atoms with Crippen LogP contribution in [0.4, 0.5) is 0 Å². The SMILES string of the molecule is Cc1ccc(C23C[C@H]4C[C@@H](CC(C(=O)NCCO)(C4)C2)C3)cc1. The topological polar surface area (TPSA) is 49.3 Å². The Balaban J connectivity index is 1.68. The molecule has 0 unspecified atom stereocenters. The first-order valence-corrected chi connectivity index (χ1v) is 9.02. The van der Waals surface area contributed by atoms with Crippen LogP contribution in [0.2, 0.25) is 0 Å². The standard InChI is InChI=1S/C20H27NO2/c1-14-2-4-17(5-3-14)19-9-15-8-16(10-19)12-20(11-15,13-19)18(23)21-6-7-22/h2-5,15-16,22H,6-13H2,1H3,(H,21,23)/t15-,16-,19?,20?/m1/s1. The van der Waals surface area contributed by atoms with E-state index in [2.05, 4.69) is 36.5 Å². The predicted octanol–water partition coefficient (Wildman–Crippen LogP) is 2.94. The molecule has 4 aliphatic rings. The minimum absolute atomic E-state index is 0.0256. The average Bonchev–Trinajstić information content (AvgIpc) is 2.51. The molecule has 4 saturated carbocycles. The molecule has 1 aromatic carbocycles. The molecule has 4 fully saturated rings. The molecule has 124 valence electrons. The van der Waals surface area contributed by atoms with Crippen molar-refractivity contribution < 1.29 is 9.90 Å². The number of rotatable bonds is 4. The van der Waals surface area contributed by atoms with Crippen LogP contribution in [-0.2, 0) is 10.2 Å². The summed E-state index contributed by atoms with van der Waals surface area (Å²) in [5, 5.41) is 12.0. The Kier molecular flexibility index (Phi) is 3.53. The van der Waals surface area contributed by atoms with E-state index < -0.39 is 0 Å². The summed E-state index contributed by atoms with van der Waals surface area (Å²) in [6, 6.07) is 9.02. The van der Waals surface area contributed by atoms with Crippen LogP contribution in [0, 0.1) is 24.2 Å². The zero-order valence-corrected chi connectivity index (χ0v) is 14.0. The van der Waals surface area contributed by atoms with Gasteiger partial charge >= 0.3 is 0 Å². The van der Waals surface area contributed by atoms with Crippen molar-refractivity contribution >= 4 is 5.91 Å². The lowest BCUT2D eigenvalue weighted by atomic mass is 9.42. The van der Waals surface area contributed by atoms with Gasteiger partial charge in [0.15, 0.2) is 0 Å². The molecule has 0 aliphatic heterocycles. The molecule has 1 aromatic rings. The van der Waals surface area contributed by atoms with Gasteiger partial charge in [0.05, 0.1) is 12.0 Å². The minimum atomic E-state index is -0.190. The van der Waals surface area contributed by atoms with Crippen molar-refractivity contribution in [1.82, 2.24) is 5.32 Å². The molecule has 0 heterocycles. The van der Waals surface area contributed by atoms with Crippen molar-refractivity contribution in [3.05, 3.63) is 35.4 Å². The van der Waals surface area contributed by atoms with Gasteiger partial charge in [0.1, 0.15) is 0 Å². The smallest absolute Gasteiger partial charge is 0.226 e. The summed E-state index contributed by atoms with van der Waals surface area (Å²) in [6.07, 6.45) is 6.90. The zero-order chi connectivity index (χ0) is 16.1. The van der Waals surface area contributed by atoms with Crippen LogP contribution < -0.4 is 5.32 Å². The monoisotopic (exact) mass is 313 g/mol. The molecule has 1 amide bonds. The molecule has 3 heteroatoms. The Hall–Kier alpha value is -1.35. The van der Waals surface area contributed by atoms with Crippen molar-refractivity contribution in [1.29, 1.82) is 0 Å². The number of aryl methyl sites for hydroxylation is 1. The van der Waals surface area contributed by atoms with Gasteiger partial charge in [0.2, 0.25) is 5.91 Å². The number of carbonyl (C=O) groups is 1. The van der Waals surface area contributed by atoms with Crippen molar-refractivity contribution in [3.63, 3.8) is 0 Å². The Morgan fingerprint density at radius 3 is 2.43 bits per heavy atom. The van der Waals surface area contributed by atoms with Gasteiger partial charge in [-0.05, 0) is 68.3 Å². The highest BCUT2D eigenvalue weighted by Crippen LogP contribution is 2.65. The summed E-state index contributed by atoms with van der Waals surface area (Å²) in [5.74, 6) is 1.58. The fraction of sp³-hybridized carbons (Fsp3) is 0.650. The number of hydrogen-bond donors (Lipinski definition) is 2. The van der Waals surface area contributed by atoms with Gasteiger partial charge < -0.3 is 10.4 Å². The third-order valence-electron chi connectivity index (χ3n) is 6.60. The van der Waals surface area contributed by atoms with Crippen molar-refractivity contribution in [2.45, 2.75) is 50.9 Å². The van der Waals surface area contributed by atoms with E-state index in [1.165, 1.54) is 30.4 Å². The molecule has 0 spiro atoms. The number of amides is 1. The predicted molar refractivity (Wildman–Crippen MR) is 90.1 cm³/mol. The Morgan fingerprint density at radius 2 is 1.83 bits per heavy atom. The maximum absolute atomic E-state index is 12.9. The van der Waals surface area contributed by atoms with Crippen LogP contribution in [0.5, 0.6) is 0 Å². The van der Waals surface area contributed by atoms with Crippen LogP contribution in [-0.4, -0.2) is 24.2 Å². The summed E-state index contributed by atoms with van der Waals surface area (Å²) >= 11 is 0. The Bertz CT molecular complexity index is 593. The van der Waals surface area contributed by atoms with Gasteiger partial charge in [0, 0.05) is 6.54 Å². The number of aliphatic hydroxyl groups is 1. The van der Waals surface area contributed by atoms with Gasteiger partial charge in [-0.15, -0.1) is 0 Å². The van der Waals surface area contributed by atoms with Gasteiger partial charge in [-0.3, -0.25) is 4.79 Å². The molecule has 4 bridgehead atoms. The van der Waals surface area contributed by atoms with Crippen LogP contribution in [0.15, 0.2) is 24.3 Å². The van der Waals surface area contributed by atoms with E-state index in [1.807, 2.05) is 0 Å². The first kappa shape index (κ1) is 15.2. The second kappa shape index (κ2) is 5.34. The molecular weight excluding hydrogens is 286 g/mol. The number of benzene rings is 1.